The monoisotopic (exact) mass is 290 g/mol. The fourth-order valence-corrected chi connectivity index (χ4v) is 1.99. The number of rotatable bonds is 2. The first kappa shape index (κ1) is 11.7. The Hall–Kier alpha value is -0.810. The van der Waals surface area contributed by atoms with Crippen molar-refractivity contribution in [3.8, 4) is 0 Å². The Bertz CT molecular complexity index is 428. The first-order valence-electron chi connectivity index (χ1n) is 4.86. The molecule has 0 aromatic heterocycles. The predicted molar refractivity (Wildman–Crippen MR) is 57.3 cm³/mol. The molecule has 0 bridgehead atoms. The number of ether oxygens (including phenoxy) is 1. The summed E-state index contributed by atoms with van der Waals surface area (Å²) in [6.45, 7) is 0.785. The van der Waals surface area contributed by atoms with Gasteiger partial charge in [-0.25, -0.2) is 8.78 Å². The van der Waals surface area contributed by atoms with E-state index >= 15 is 0 Å². The minimum absolute atomic E-state index is 0.0178. The number of Topliss-reactive ketones (excluding diaryl/α,β-unsaturated/α-hetero) is 1. The van der Waals surface area contributed by atoms with Crippen LogP contribution >= 0.6 is 15.9 Å². The van der Waals surface area contributed by atoms with Crippen LogP contribution in [0.5, 0.6) is 0 Å². The maximum atomic E-state index is 13.5. The van der Waals surface area contributed by atoms with Crippen molar-refractivity contribution in [1.82, 2.24) is 0 Å². The van der Waals surface area contributed by atoms with Crippen molar-refractivity contribution in [2.24, 2.45) is 5.92 Å². The normalized spacial score (nSPS) is 20.1. The van der Waals surface area contributed by atoms with Crippen molar-refractivity contribution >= 4 is 21.7 Å². The molecule has 1 aliphatic heterocycles. The summed E-state index contributed by atoms with van der Waals surface area (Å²) in [7, 11) is 0. The summed E-state index contributed by atoms with van der Waals surface area (Å²) in [6.07, 6.45) is 0.565. The quantitative estimate of drug-likeness (QED) is 0.618. The Balaban J connectivity index is 2.32. The summed E-state index contributed by atoms with van der Waals surface area (Å²) in [5.74, 6) is -2.08. The lowest BCUT2D eigenvalue weighted by Gasteiger charge is -2.08. The fraction of sp³-hybridized carbons (Fsp3) is 0.364. The van der Waals surface area contributed by atoms with Gasteiger partial charge in [0, 0.05) is 12.5 Å². The second-order valence-electron chi connectivity index (χ2n) is 3.67. The fourth-order valence-electron chi connectivity index (χ4n) is 1.67. The molecule has 0 aliphatic carbocycles. The minimum atomic E-state index is -0.704. The molecule has 2 nitrogen and oxygen atoms in total. The SMILES string of the molecule is O=C(c1cc(F)c(Br)cc1F)C1CCOC1. The highest BCUT2D eigenvalue weighted by atomic mass is 79.9. The van der Waals surface area contributed by atoms with Crippen molar-refractivity contribution < 1.29 is 18.3 Å². The van der Waals surface area contributed by atoms with E-state index in [9.17, 15) is 13.6 Å². The average molecular weight is 291 g/mol. The molecule has 1 aliphatic rings. The number of ketones is 1. The Morgan fingerprint density at radius 3 is 2.75 bits per heavy atom. The third kappa shape index (κ3) is 2.15. The van der Waals surface area contributed by atoms with Crippen molar-refractivity contribution in [2.75, 3.05) is 13.2 Å². The zero-order valence-electron chi connectivity index (χ0n) is 8.30. The van der Waals surface area contributed by atoms with Crippen LogP contribution in [0.15, 0.2) is 16.6 Å². The lowest BCUT2D eigenvalue weighted by Crippen LogP contribution is -2.16. The number of halogens is 3. The van der Waals surface area contributed by atoms with Crippen LogP contribution in [0.3, 0.4) is 0 Å². The predicted octanol–water partition coefficient (Wildman–Crippen LogP) is 2.95. The van der Waals surface area contributed by atoms with E-state index in [2.05, 4.69) is 15.9 Å². The Morgan fingerprint density at radius 1 is 1.38 bits per heavy atom. The molecule has 1 heterocycles. The van der Waals surface area contributed by atoms with Gasteiger partial charge in [-0.3, -0.25) is 4.79 Å². The zero-order chi connectivity index (χ0) is 11.7. The minimum Gasteiger partial charge on any atom is -0.381 e. The van der Waals surface area contributed by atoms with Crippen LogP contribution in [-0.2, 0) is 4.74 Å². The lowest BCUT2D eigenvalue weighted by atomic mass is 9.96. The molecule has 16 heavy (non-hydrogen) atoms. The Morgan fingerprint density at radius 2 is 2.12 bits per heavy atom. The van der Waals surface area contributed by atoms with Crippen LogP contribution < -0.4 is 0 Å². The van der Waals surface area contributed by atoms with Crippen LogP contribution in [0.4, 0.5) is 8.78 Å². The maximum absolute atomic E-state index is 13.5. The molecule has 1 unspecified atom stereocenters. The summed E-state index contributed by atoms with van der Waals surface area (Å²) >= 11 is 2.86. The first-order valence-corrected chi connectivity index (χ1v) is 5.65. The molecule has 2 rings (SSSR count). The summed E-state index contributed by atoms with van der Waals surface area (Å²) in [6, 6.07) is 1.90. The third-order valence-corrected chi connectivity index (χ3v) is 3.18. The molecule has 86 valence electrons. The zero-order valence-corrected chi connectivity index (χ0v) is 9.89. The standard InChI is InChI=1S/C11H9BrF2O2/c12-8-4-9(13)7(3-10(8)14)11(15)6-1-2-16-5-6/h3-4,6H,1-2,5H2. The van der Waals surface area contributed by atoms with E-state index in [4.69, 9.17) is 4.74 Å². The smallest absolute Gasteiger partial charge is 0.171 e. The molecule has 0 N–H and O–H groups in total. The molecule has 0 amide bonds. The van der Waals surface area contributed by atoms with Gasteiger partial charge in [-0.05, 0) is 34.5 Å². The topological polar surface area (TPSA) is 26.3 Å². The summed E-state index contributed by atoms with van der Waals surface area (Å²) in [5, 5.41) is 0. The molecule has 1 fully saturated rings. The molecule has 1 saturated heterocycles. The van der Waals surface area contributed by atoms with E-state index in [1.54, 1.807) is 0 Å². The van der Waals surface area contributed by atoms with Gasteiger partial charge in [0.15, 0.2) is 5.78 Å². The number of carbonyl (C=O) groups excluding carboxylic acids is 1. The molecule has 1 aromatic carbocycles. The highest BCUT2D eigenvalue weighted by Gasteiger charge is 2.27. The highest BCUT2D eigenvalue weighted by molar-refractivity contribution is 9.10. The molecule has 5 heteroatoms. The average Bonchev–Trinajstić information content (AvgIpc) is 2.75. The van der Waals surface area contributed by atoms with Crippen molar-refractivity contribution in [1.29, 1.82) is 0 Å². The lowest BCUT2D eigenvalue weighted by molar-refractivity contribution is 0.0895. The van der Waals surface area contributed by atoms with E-state index in [0.717, 1.165) is 12.1 Å². The Kier molecular flexibility index (Phi) is 3.35. The third-order valence-electron chi connectivity index (χ3n) is 2.58. The van der Waals surface area contributed by atoms with Gasteiger partial charge in [0.2, 0.25) is 0 Å². The van der Waals surface area contributed by atoms with Gasteiger partial charge < -0.3 is 4.74 Å². The van der Waals surface area contributed by atoms with Crippen molar-refractivity contribution in [3.63, 3.8) is 0 Å². The number of hydrogen-bond acceptors (Lipinski definition) is 2. The van der Waals surface area contributed by atoms with Gasteiger partial charge in [0.05, 0.1) is 16.6 Å². The van der Waals surface area contributed by atoms with Gasteiger partial charge in [-0.1, -0.05) is 0 Å². The molecule has 0 radical (unpaired) electrons. The van der Waals surface area contributed by atoms with Gasteiger partial charge in [-0.2, -0.15) is 0 Å². The highest BCUT2D eigenvalue weighted by Crippen LogP contribution is 2.24. The van der Waals surface area contributed by atoms with E-state index in [1.807, 2.05) is 0 Å². The molecular weight excluding hydrogens is 282 g/mol. The molecule has 1 atom stereocenters. The molecule has 0 spiro atoms. The Labute approximate surface area is 99.7 Å². The van der Waals surface area contributed by atoms with Crippen LogP contribution in [0, 0.1) is 17.6 Å². The van der Waals surface area contributed by atoms with E-state index in [0.29, 0.717) is 13.0 Å². The van der Waals surface area contributed by atoms with E-state index < -0.39 is 11.6 Å². The van der Waals surface area contributed by atoms with E-state index in [1.165, 1.54) is 0 Å². The van der Waals surface area contributed by atoms with Crippen LogP contribution in [-0.4, -0.2) is 19.0 Å². The molecule has 1 aromatic rings. The summed E-state index contributed by atoms with van der Waals surface area (Å²) < 4.78 is 31.8. The van der Waals surface area contributed by atoms with Gasteiger partial charge in [-0.15, -0.1) is 0 Å². The second kappa shape index (κ2) is 4.59. The number of carbonyl (C=O) groups is 1. The van der Waals surface area contributed by atoms with Crippen LogP contribution in [0.2, 0.25) is 0 Å². The van der Waals surface area contributed by atoms with Gasteiger partial charge in [0.1, 0.15) is 11.6 Å². The summed E-state index contributed by atoms with van der Waals surface area (Å²) in [5.41, 5.74) is -0.198. The summed E-state index contributed by atoms with van der Waals surface area (Å²) in [4.78, 5) is 11.8. The van der Waals surface area contributed by atoms with Gasteiger partial charge >= 0.3 is 0 Å². The molecule has 0 saturated carbocycles. The number of benzene rings is 1. The first-order chi connectivity index (χ1) is 7.59. The second-order valence-corrected chi connectivity index (χ2v) is 4.53. The largest absolute Gasteiger partial charge is 0.381 e. The van der Waals surface area contributed by atoms with Crippen molar-refractivity contribution in [2.45, 2.75) is 6.42 Å². The van der Waals surface area contributed by atoms with E-state index in [-0.39, 0.29) is 28.3 Å². The van der Waals surface area contributed by atoms with Crippen LogP contribution in [0.25, 0.3) is 0 Å². The maximum Gasteiger partial charge on any atom is 0.171 e. The van der Waals surface area contributed by atoms with Gasteiger partial charge in [0.25, 0.3) is 0 Å². The number of hydrogen-bond donors (Lipinski definition) is 0. The van der Waals surface area contributed by atoms with Crippen LogP contribution in [0.1, 0.15) is 16.8 Å². The van der Waals surface area contributed by atoms with Crippen molar-refractivity contribution in [3.05, 3.63) is 33.8 Å². The molecular formula is C11H9BrF2O2.